The first-order chi connectivity index (χ1) is 10.5. The van der Waals surface area contributed by atoms with Gasteiger partial charge in [0.05, 0.1) is 12.3 Å². The highest BCUT2D eigenvalue weighted by atomic mass is 79.9. The molecule has 8 heteroatoms. The van der Waals surface area contributed by atoms with Crippen molar-refractivity contribution < 1.29 is 4.74 Å². The number of hydrogen-bond acceptors (Lipinski definition) is 4. The molecule has 22 heavy (non-hydrogen) atoms. The van der Waals surface area contributed by atoms with E-state index in [-0.39, 0.29) is 5.56 Å². The third-order valence-electron chi connectivity index (χ3n) is 2.85. The summed E-state index contributed by atoms with van der Waals surface area (Å²) in [5.41, 5.74) is 1.47. The van der Waals surface area contributed by atoms with Gasteiger partial charge in [0, 0.05) is 6.54 Å². The number of benzene rings is 1. The van der Waals surface area contributed by atoms with E-state index >= 15 is 0 Å². The van der Waals surface area contributed by atoms with Crippen molar-refractivity contribution >= 4 is 43.6 Å². The molecule has 0 aliphatic rings. The summed E-state index contributed by atoms with van der Waals surface area (Å²) in [5, 5.41) is 4.29. The average molecular weight is 452 g/mol. The first-order valence-electron chi connectivity index (χ1n) is 6.56. The second kappa shape index (κ2) is 8.10. The van der Waals surface area contributed by atoms with Crippen LogP contribution in [0.5, 0.6) is 5.88 Å². The van der Waals surface area contributed by atoms with Crippen LogP contribution in [-0.4, -0.2) is 22.9 Å². The van der Waals surface area contributed by atoms with Crippen LogP contribution in [-0.2, 0) is 0 Å². The van der Waals surface area contributed by atoms with Crippen molar-refractivity contribution in [3.8, 4) is 11.6 Å². The Morgan fingerprint density at radius 2 is 2.14 bits per heavy atom. The number of halogens is 3. The molecule has 1 heterocycles. The van der Waals surface area contributed by atoms with E-state index in [1.54, 1.807) is 0 Å². The number of aromatic nitrogens is 2. The van der Waals surface area contributed by atoms with Crippen molar-refractivity contribution in [2.24, 2.45) is 0 Å². The maximum absolute atomic E-state index is 12.4. The molecule has 0 aliphatic heterocycles. The number of aryl methyl sites for hydroxylation is 1. The summed E-state index contributed by atoms with van der Waals surface area (Å²) in [6.45, 7) is 3.01. The molecule has 0 atom stereocenters. The molecular weight excluding hydrogens is 437 g/mol. The van der Waals surface area contributed by atoms with E-state index in [2.05, 4.69) is 41.8 Å². The van der Waals surface area contributed by atoms with E-state index in [0.717, 1.165) is 12.0 Å². The molecule has 0 saturated carbocycles. The molecule has 0 bridgehead atoms. The van der Waals surface area contributed by atoms with Crippen LogP contribution in [0.2, 0.25) is 0 Å². The molecule has 2 aromatic rings. The second-order valence-corrected chi connectivity index (χ2v) is 6.43. The average Bonchev–Trinajstić information content (AvgIpc) is 2.51. The minimum Gasteiger partial charge on any atom is -0.476 e. The summed E-state index contributed by atoms with van der Waals surface area (Å²) in [6.07, 6.45) is 0.721. The SMILES string of the molecule is Cc1cccc(-n2nc(OCCCNCl)c(Br)c(Br)c2=O)c1. The summed E-state index contributed by atoms with van der Waals surface area (Å²) in [4.78, 5) is 14.9. The zero-order chi connectivity index (χ0) is 16.1. The molecule has 1 aromatic carbocycles. The van der Waals surface area contributed by atoms with Crippen LogP contribution in [0, 0.1) is 6.92 Å². The predicted molar refractivity (Wildman–Crippen MR) is 93.9 cm³/mol. The fourth-order valence-electron chi connectivity index (χ4n) is 1.80. The van der Waals surface area contributed by atoms with Crippen molar-refractivity contribution in [1.29, 1.82) is 0 Å². The monoisotopic (exact) mass is 449 g/mol. The van der Waals surface area contributed by atoms with Crippen molar-refractivity contribution in [3.63, 3.8) is 0 Å². The van der Waals surface area contributed by atoms with Crippen LogP contribution in [0.15, 0.2) is 38.0 Å². The highest BCUT2D eigenvalue weighted by molar-refractivity contribution is 9.13. The number of nitrogens with zero attached hydrogens (tertiary/aromatic N) is 2. The molecule has 0 fully saturated rings. The largest absolute Gasteiger partial charge is 0.476 e. The van der Waals surface area contributed by atoms with Crippen LogP contribution < -0.4 is 15.1 Å². The molecule has 2 rings (SSSR count). The lowest BCUT2D eigenvalue weighted by molar-refractivity contribution is 0.291. The molecule has 0 spiro atoms. The Kier molecular flexibility index (Phi) is 6.43. The van der Waals surface area contributed by atoms with Crippen molar-refractivity contribution in [3.05, 3.63) is 49.1 Å². The Bertz CT molecular complexity index is 722. The van der Waals surface area contributed by atoms with Gasteiger partial charge in [0.25, 0.3) is 5.56 Å². The minimum atomic E-state index is -0.257. The minimum absolute atomic E-state index is 0.257. The molecule has 5 nitrogen and oxygen atoms in total. The van der Waals surface area contributed by atoms with Gasteiger partial charge in [-0.3, -0.25) is 4.79 Å². The number of ether oxygens (including phenoxy) is 1. The van der Waals surface area contributed by atoms with Gasteiger partial charge in [0.1, 0.15) is 8.95 Å². The lowest BCUT2D eigenvalue weighted by Gasteiger charge is -2.12. The highest BCUT2D eigenvalue weighted by Gasteiger charge is 2.15. The Morgan fingerprint density at radius 3 is 2.82 bits per heavy atom. The second-order valence-electron chi connectivity index (χ2n) is 4.57. The summed E-state index contributed by atoms with van der Waals surface area (Å²) in [5.74, 6) is 0.350. The predicted octanol–water partition coefficient (Wildman–Crippen LogP) is 3.58. The summed E-state index contributed by atoms with van der Waals surface area (Å²) in [7, 11) is 0. The topological polar surface area (TPSA) is 56.1 Å². The molecular formula is C14H14Br2ClN3O2. The Morgan fingerprint density at radius 1 is 1.36 bits per heavy atom. The summed E-state index contributed by atoms with van der Waals surface area (Å²) < 4.78 is 7.81. The van der Waals surface area contributed by atoms with Gasteiger partial charge in [-0.2, -0.15) is 4.68 Å². The molecule has 0 amide bonds. The van der Waals surface area contributed by atoms with Gasteiger partial charge >= 0.3 is 0 Å². The molecule has 118 valence electrons. The van der Waals surface area contributed by atoms with Crippen molar-refractivity contribution in [2.45, 2.75) is 13.3 Å². The zero-order valence-electron chi connectivity index (χ0n) is 11.8. The number of rotatable bonds is 6. The van der Waals surface area contributed by atoms with Gasteiger partial charge in [0.2, 0.25) is 5.88 Å². The highest BCUT2D eigenvalue weighted by Crippen LogP contribution is 2.28. The van der Waals surface area contributed by atoms with Crippen LogP contribution in [0.25, 0.3) is 5.69 Å². The summed E-state index contributed by atoms with van der Waals surface area (Å²) >= 11 is 12.0. The Balaban J connectivity index is 2.38. The molecule has 1 aromatic heterocycles. The van der Waals surface area contributed by atoms with Crippen LogP contribution >= 0.6 is 43.6 Å². The lowest BCUT2D eigenvalue weighted by Crippen LogP contribution is -2.23. The van der Waals surface area contributed by atoms with Crippen LogP contribution in [0.3, 0.4) is 0 Å². The van der Waals surface area contributed by atoms with Crippen LogP contribution in [0.1, 0.15) is 12.0 Å². The lowest BCUT2D eigenvalue weighted by atomic mass is 10.2. The summed E-state index contributed by atoms with van der Waals surface area (Å²) in [6, 6.07) is 7.54. The van der Waals surface area contributed by atoms with Gasteiger partial charge in [-0.25, -0.2) is 4.84 Å². The normalized spacial score (nSPS) is 10.7. The fourth-order valence-corrected chi connectivity index (χ4v) is 2.63. The van der Waals surface area contributed by atoms with E-state index in [1.807, 2.05) is 31.2 Å². The molecule has 1 N–H and O–H groups in total. The maximum atomic E-state index is 12.4. The first-order valence-corrected chi connectivity index (χ1v) is 8.52. The first kappa shape index (κ1) is 17.5. The smallest absolute Gasteiger partial charge is 0.287 e. The third-order valence-corrected chi connectivity index (χ3v) is 5.04. The Hall–Kier alpha value is -0.890. The van der Waals surface area contributed by atoms with E-state index in [9.17, 15) is 4.79 Å². The van der Waals surface area contributed by atoms with Crippen molar-refractivity contribution in [1.82, 2.24) is 14.6 Å². The molecule has 0 aliphatic carbocycles. The third kappa shape index (κ3) is 4.10. The molecule has 0 radical (unpaired) electrons. The van der Waals surface area contributed by atoms with E-state index in [0.29, 0.717) is 33.7 Å². The van der Waals surface area contributed by atoms with Gasteiger partial charge in [-0.1, -0.05) is 12.1 Å². The van der Waals surface area contributed by atoms with E-state index in [4.69, 9.17) is 16.5 Å². The van der Waals surface area contributed by atoms with E-state index in [1.165, 1.54) is 4.68 Å². The Labute approximate surface area is 150 Å². The molecule has 0 unspecified atom stereocenters. The van der Waals surface area contributed by atoms with Crippen LogP contribution in [0.4, 0.5) is 0 Å². The fraction of sp³-hybridized carbons (Fsp3) is 0.286. The number of hydrogen-bond donors (Lipinski definition) is 1. The van der Waals surface area contributed by atoms with Crippen molar-refractivity contribution in [2.75, 3.05) is 13.2 Å². The standard InChI is InChI=1S/C14H14Br2ClN3O2/c1-9-4-2-5-10(8-9)20-14(21)12(16)11(15)13(19-20)22-7-3-6-18-17/h2,4-5,8,18H,3,6-7H2,1H3. The van der Waals surface area contributed by atoms with Gasteiger partial charge in [-0.05, 0) is 74.7 Å². The molecule has 0 saturated heterocycles. The van der Waals surface area contributed by atoms with Gasteiger partial charge in [-0.15, -0.1) is 5.10 Å². The van der Waals surface area contributed by atoms with E-state index < -0.39 is 0 Å². The maximum Gasteiger partial charge on any atom is 0.287 e. The number of nitrogens with one attached hydrogen (secondary N) is 1. The van der Waals surface area contributed by atoms with Gasteiger partial charge < -0.3 is 4.74 Å². The zero-order valence-corrected chi connectivity index (χ0v) is 15.7. The quantitative estimate of drug-likeness (QED) is 0.539. The van der Waals surface area contributed by atoms with Gasteiger partial charge in [0.15, 0.2) is 0 Å².